The van der Waals surface area contributed by atoms with E-state index in [2.05, 4.69) is 0 Å². The molecule has 2 rings (SSSR count). The van der Waals surface area contributed by atoms with Crippen LogP contribution in [0, 0.1) is 10.1 Å². The Balaban J connectivity index is 2.01. The lowest BCUT2D eigenvalue weighted by atomic mass is 10.1. The zero-order valence-electron chi connectivity index (χ0n) is 13.8. The fraction of sp³-hybridized carbons (Fsp3) is 0.278. The van der Waals surface area contributed by atoms with Crippen LogP contribution in [-0.4, -0.2) is 22.6 Å². The first kappa shape index (κ1) is 18.4. The first-order chi connectivity index (χ1) is 12.0. The molecular formula is C18H19NO6. The highest BCUT2D eigenvalue weighted by Crippen LogP contribution is 2.24. The number of nitro benzene ring substituents is 1. The largest absolute Gasteiger partial charge is 0.489 e. The molecule has 0 fully saturated rings. The lowest BCUT2D eigenvalue weighted by Crippen LogP contribution is -2.10. The van der Waals surface area contributed by atoms with Gasteiger partial charge in [-0.3, -0.25) is 14.9 Å². The number of aliphatic carboxylic acids is 1. The van der Waals surface area contributed by atoms with Gasteiger partial charge < -0.3 is 14.6 Å². The molecule has 2 aromatic carbocycles. The van der Waals surface area contributed by atoms with E-state index in [0.717, 1.165) is 5.56 Å². The lowest BCUT2D eigenvalue weighted by molar-refractivity contribution is -0.384. The monoisotopic (exact) mass is 345 g/mol. The van der Waals surface area contributed by atoms with E-state index in [0.29, 0.717) is 17.9 Å². The number of benzene rings is 2. The third-order valence-electron chi connectivity index (χ3n) is 3.51. The molecule has 2 aromatic rings. The number of hydrogen-bond acceptors (Lipinski definition) is 5. The Hall–Kier alpha value is -2.93. The van der Waals surface area contributed by atoms with Gasteiger partial charge in [-0.25, -0.2) is 0 Å². The van der Waals surface area contributed by atoms with Crippen molar-refractivity contribution in [2.24, 2.45) is 0 Å². The van der Waals surface area contributed by atoms with Crippen molar-refractivity contribution in [3.8, 4) is 5.75 Å². The van der Waals surface area contributed by atoms with Crippen LogP contribution in [0.2, 0.25) is 0 Å². The molecule has 0 spiro atoms. The maximum absolute atomic E-state index is 10.9. The van der Waals surface area contributed by atoms with Gasteiger partial charge >= 0.3 is 5.97 Å². The minimum Gasteiger partial charge on any atom is -0.489 e. The van der Waals surface area contributed by atoms with E-state index in [1.54, 1.807) is 36.4 Å². The molecule has 0 saturated heterocycles. The van der Waals surface area contributed by atoms with Crippen LogP contribution >= 0.6 is 0 Å². The number of non-ortho nitro benzene ring substituents is 1. The molecule has 0 aliphatic carbocycles. The Bertz CT molecular complexity index is 729. The Morgan fingerprint density at radius 2 is 1.96 bits per heavy atom. The van der Waals surface area contributed by atoms with Crippen molar-refractivity contribution in [3.05, 3.63) is 69.8 Å². The van der Waals surface area contributed by atoms with Gasteiger partial charge in [-0.05, 0) is 30.2 Å². The van der Waals surface area contributed by atoms with Crippen molar-refractivity contribution < 1.29 is 24.3 Å². The van der Waals surface area contributed by atoms with E-state index in [1.165, 1.54) is 12.1 Å². The summed E-state index contributed by atoms with van der Waals surface area (Å²) in [6.45, 7) is 2.43. The van der Waals surface area contributed by atoms with E-state index in [-0.39, 0.29) is 18.7 Å². The molecule has 0 aromatic heterocycles. The van der Waals surface area contributed by atoms with Crippen molar-refractivity contribution >= 4 is 11.7 Å². The molecule has 0 aliphatic rings. The molecule has 0 aliphatic heterocycles. The van der Waals surface area contributed by atoms with Gasteiger partial charge in [0, 0.05) is 18.7 Å². The molecule has 7 heteroatoms. The highest BCUT2D eigenvalue weighted by atomic mass is 16.6. The molecule has 1 atom stereocenters. The van der Waals surface area contributed by atoms with Gasteiger partial charge in [0.05, 0.1) is 17.4 Å². The number of ether oxygens (including phenoxy) is 2. The molecule has 0 amide bonds. The minimum absolute atomic E-state index is 0.0182. The van der Waals surface area contributed by atoms with Crippen LogP contribution in [0.15, 0.2) is 48.5 Å². The Morgan fingerprint density at radius 1 is 1.24 bits per heavy atom. The normalized spacial score (nSPS) is 11.7. The summed E-state index contributed by atoms with van der Waals surface area (Å²) < 4.78 is 11.1. The standard InChI is InChI=1S/C18H19NO6/c1-2-24-17(11-18(20)21)14-6-8-16(9-7-14)25-12-13-4-3-5-15(10-13)19(22)23/h3-10,17H,2,11-12H2,1H3,(H,20,21)/t17-/m1/s1. The van der Waals surface area contributed by atoms with Crippen LogP contribution in [0.4, 0.5) is 5.69 Å². The quantitative estimate of drug-likeness (QED) is 0.549. The van der Waals surface area contributed by atoms with Crippen LogP contribution in [0.25, 0.3) is 0 Å². The third kappa shape index (κ3) is 5.58. The Labute approximate surface area is 145 Å². The SMILES string of the molecule is CCO[C@H](CC(=O)O)c1ccc(OCc2cccc([N+](=O)[O-])c2)cc1. The van der Waals surface area contributed by atoms with E-state index in [4.69, 9.17) is 14.6 Å². The summed E-state index contributed by atoms with van der Waals surface area (Å²) in [5.74, 6) is -0.342. The zero-order valence-corrected chi connectivity index (χ0v) is 13.8. The smallest absolute Gasteiger partial charge is 0.306 e. The van der Waals surface area contributed by atoms with Gasteiger partial charge in [-0.1, -0.05) is 24.3 Å². The molecular weight excluding hydrogens is 326 g/mol. The van der Waals surface area contributed by atoms with Crippen molar-refractivity contribution in [1.29, 1.82) is 0 Å². The molecule has 0 heterocycles. The van der Waals surface area contributed by atoms with Crippen LogP contribution < -0.4 is 4.74 Å². The molecule has 0 radical (unpaired) electrons. The first-order valence-electron chi connectivity index (χ1n) is 7.79. The molecule has 0 bridgehead atoms. The molecule has 7 nitrogen and oxygen atoms in total. The average molecular weight is 345 g/mol. The summed E-state index contributed by atoms with van der Waals surface area (Å²) >= 11 is 0. The minimum atomic E-state index is -0.926. The summed E-state index contributed by atoms with van der Waals surface area (Å²) in [4.78, 5) is 21.2. The summed E-state index contributed by atoms with van der Waals surface area (Å²) in [6.07, 6.45) is -0.616. The number of nitrogens with zero attached hydrogens (tertiary/aromatic N) is 1. The number of hydrogen-bond donors (Lipinski definition) is 1. The molecule has 1 N–H and O–H groups in total. The molecule has 0 unspecified atom stereocenters. The van der Waals surface area contributed by atoms with Gasteiger partial charge in [0.1, 0.15) is 12.4 Å². The highest BCUT2D eigenvalue weighted by Gasteiger charge is 2.15. The summed E-state index contributed by atoms with van der Waals surface area (Å²) in [5.41, 5.74) is 1.47. The maximum atomic E-state index is 10.9. The number of rotatable bonds is 9. The number of carboxylic acid groups (broad SMARTS) is 1. The van der Waals surface area contributed by atoms with E-state index < -0.39 is 17.0 Å². The van der Waals surface area contributed by atoms with Crippen molar-refractivity contribution in [2.45, 2.75) is 26.1 Å². The second kappa shape index (κ2) is 8.79. The highest BCUT2D eigenvalue weighted by molar-refractivity contribution is 5.67. The summed E-state index contributed by atoms with van der Waals surface area (Å²) in [5, 5.41) is 19.7. The number of nitro groups is 1. The van der Waals surface area contributed by atoms with E-state index >= 15 is 0 Å². The number of carbonyl (C=O) groups is 1. The predicted molar refractivity (Wildman–Crippen MR) is 90.5 cm³/mol. The van der Waals surface area contributed by atoms with Crippen LogP contribution in [-0.2, 0) is 16.1 Å². The second-order valence-electron chi connectivity index (χ2n) is 5.33. The van der Waals surface area contributed by atoms with Crippen LogP contribution in [0.5, 0.6) is 5.75 Å². The molecule has 132 valence electrons. The fourth-order valence-corrected chi connectivity index (χ4v) is 2.34. The Morgan fingerprint density at radius 3 is 2.56 bits per heavy atom. The van der Waals surface area contributed by atoms with Crippen molar-refractivity contribution in [1.82, 2.24) is 0 Å². The fourth-order valence-electron chi connectivity index (χ4n) is 2.34. The van der Waals surface area contributed by atoms with Gasteiger partial charge in [0.25, 0.3) is 5.69 Å². The van der Waals surface area contributed by atoms with Gasteiger partial charge in [-0.15, -0.1) is 0 Å². The maximum Gasteiger partial charge on any atom is 0.306 e. The van der Waals surface area contributed by atoms with E-state index in [1.807, 2.05) is 6.92 Å². The molecule has 25 heavy (non-hydrogen) atoms. The van der Waals surface area contributed by atoms with Gasteiger partial charge in [0.15, 0.2) is 0 Å². The molecule has 0 saturated carbocycles. The third-order valence-corrected chi connectivity index (χ3v) is 3.51. The summed E-state index contributed by atoms with van der Waals surface area (Å²) in [6, 6.07) is 13.2. The van der Waals surface area contributed by atoms with E-state index in [9.17, 15) is 14.9 Å². The topological polar surface area (TPSA) is 98.9 Å². The lowest BCUT2D eigenvalue weighted by Gasteiger charge is -2.16. The second-order valence-corrected chi connectivity index (χ2v) is 5.33. The van der Waals surface area contributed by atoms with Gasteiger partial charge in [-0.2, -0.15) is 0 Å². The van der Waals surface area contributed by atoms with Crippen molar-refractivity contribution in [3.63, 3.8) is 0 Å². The predicted octanol–water partition coefficient (Wildman–Crippen LogP) is 3.73. The van der Waals surface area contributed by atoms with Crippen molar-refractivity contribution in [2.75, 3.05) is 6.61 Å². The van der Waals surface area contributed by atoms with Crippen LogP contribution in [0.1, 0.15) is 30.6 Å². The average Bonchev–Trinajstić information content (AvgIpc) is 2.60. The Kier molecular flexibility index (Phi) is 6.47. The summed E-state index contributed by atoms with van der Waals surface area (Å²) in [7, 11) is 0. The van der Waals surface area contributed by atoms with Crippen LogP contribution in [0.3, 0.4) is 0 Å². The number of carboxylic acids is 1. The zero-order chi connectivity index (χ0) is 18.2. The van der Waals surface area contributed by atoms with Gasteiger partial charge in [0.2, 0.25) is 0 Å². The first-order valence-corrected chi connectivity index (χ1v) is 7.79.